The molecule has 25 heavy (non-hydrogen) atoms. The fourth-order valence-electron chi connectivity index (χ4n) is 3.25. The number of alkyl halides is 1. The molecule has 0 aliphatic carbocycles. The number of carbonyl (C=O) groups is 1. The van der Waals surface area contributed by atoms with E-state index >= 15 is 0 Å². The highest BCUT2D eigenvalue weighted by atomic mass is 127. The molecule has 134 valence electrons. The van der Waals surface area contributed by atoms with Crippen molar-refractivity contribution in [1.29, 1.82) is 0 Å². The molecule has 2 heterocycles. The molecule has 1 amide bonds. The molecule has 0 radical (unpaired) electrons. The van der Waals surface area contributed by atoms with Crippen molar-refractivity contribution in [2.24, 2.45) is 5.92 Å². The quantitative estimate of drug-likeness (QED) is 0.407. The summed E-state index contributed by atoms with van der Waals surface area (Å²) in [6.07, 6.45) is 3.19. The molecular formula is C18H20ClIN2O3. The minimum absolute atomic E-state index is 0.00873. The number of piperidine rings is 1. The summed E-state index contributed by atoms with van der Waals surface area (Å²) >= 11 is 8.49. The van der Waals surface area contributed by atoms with E-state index in [0.29, 0.717) is 28.5 Å². The summed E-state index contributed by atoms with van der Waals surface area (Å²) in [6.45, 7) is 4.24. The first-order valence-electron chi connectivity index (χ1n) is 8.17. The van der Waals surface area contributed by atoms with Gasteiger partial charge in [0.05, 0.1) is 20.9 Å². The third-order valence-electron chi connectivity index (χ3n) is 4.63. The Morgan fingerprint density at radius 3 is 2.84 bits per heavy atom. The minimum atomic E-state index is -0.842. The zero-order chi connectivity index (χ0) is 18.2. The topological polar surface area (TPSA) is 66.6 Å². The van der Waals surface area contributed by atoms with Crippen LogP contribution in [0.3, 0.4) is 0 Å². The van der Waals surface area contributed by atoms with E-state index in [-0.39, 0.29) is 15.9 Å². The fraction of sp³-hybridized carbons (Fsp3) is 0.444. The van der Waals surface area contributed by atoms with Gasteiger partial charge in [0, 0.05) is 18.0 Å². The number of nitrogens with zero attached hydrogens (tertiary/aromatic N) is 2. The lowest BCUT2D eigenvalue weighted by atomic mass is 9.84. The van der Waals surface area contributed by atoms with Gasteiger partial charge in [-0.1, -0.05) is 51.5 Å². The fourth-order valence-corrected chi connectivity index (χ4v) is 5.24. The molecular weight excluding hydrogens is 455 g/mol. The van der Waals surface area contributed by atoms with E-state index in [9.17, 15) is 9.90 Å². The van der Waals surface area contributed by atoms with E-state index in [2.05, 4.69) is 27.7 Å². The van der Waals surface area contributed by atoms with Gasteiger partial charge in [0.15, 0.2) is 5.76 Å². The van der Waals surface area contributed by atoms with Crippen LogP contribution in [0.4, 0.5) is 0 Å². The van der Waals surface area contributed by atoms with E-state index in [1.807, 2.05) is 12.1 Å². The van der Waals surface area contributed by atoms with Gasteiger partial charge in [-0.25, -0.2) is 0 Å². The SMILES string of the molecule is CC(C)(O)[C@@H]1CCCN(C(=O)c2cnoc2-c2ccccc2Cl)C1I. The number of aliphatic hydroxyl groups is 1. The molecule has 1 unspecified atom stereocenters. The van der Waals surface area contributed by atoms with E-state index in [4.69, 9.17) is 16.1 Å². The summed E-state index contributed by atoms with van der Waals surface area (Å²) in [5.41, 5.74) is 0.197. The minimum Gasteiger partial charge on any atom is -0.390 e. The van der Waals surface area contributed by atoms with Gasteiger partial charge in [-0.15, -0.1) is 0 Å². The first kappa shape index (κ1) is 18.7. The molecule has 1 aromatic carbocycles. The largest absolute Gasteiger partial charge is 0.390 e. The molecule has 0 saturated carbocycles. The monoisotopic (exact) mass is 474 g/mol. The van der Waals surface area contributed by atoms with Crippen molar-refractivity contribution in [3.05, 3.63) is 41.0 Å². The third kappa shape index (κ3) is 3.71. The zero-order valence-corrected chi connectivity index (χ0v) is 17.0. The second-order valence-electron chi connectivity index (χ2n) is 6.82. The third-order valence-corrected chi connectivity index (χ3v) is 6.50. The van der Waals surface area contributed by atoms with Gasteiger partial charge >= 0.3 is 0 Å². The molecule has 2 atom stereocenters. The molecule has 1 aliphatic rings. The van der Waals surface area contributed by atoms with Crippen LogP contribution in [-0.4, -0.2) is 37.3 Å². The van der Waals surface area contributed by atoms with Gasteiger partial charge in [0.25, 0.3) is 5.91 Å². The number of aromatic nitrogens is 1. The Hall–Kier alpha value is -1.12. The van der Waals surface area contributed by atoms with Gasteiger partial charge in [-0.3, -0.25) is 4.79 Å². The summed E-state index contributed by atoms with van der Waals surface area (Å²) in [5, 5.41) is 14.7. The Labute approximate surface area is 165 Å². The smallest absolute Gasteiger partial charge is 0.260 e. The number of hydrogen-bond acceptors (Lipinski definition) is 4. The number of hydrogen-bond donors (Lipinski definition) is 1. The summed E-state index contributed by atoms with van der Waals surface area (Å²) in [5.74, 6) is 0.239. The number of benzene rings is 1. The number of likely N-dealkylation sites (tertiary alicyclic amines) is 1. The summed E-state index contributed by atoms with van der Waals surface area (Å²) in [4.78, 5) is 14.9. The van der Waals surface area contributed by atoms with Gasteiger partial charge < -0.3 is 14.5 Å². The van der Waals surface area contributed by atoms with Crippen LogP contribution in [0, 0.1) is 5.92 Å². The maximum atomic E-state index is 13.1. The van der Waals surface area contributed by atoms with Crippen LogP contribution in [0.1, 0.15) is 37.0 Å². The number of carbonyl (C=O) groups excluding carboxylic acids is 1. The van der Waals surface area contributed by atoms with Crippen molar-refractivity contribution in [3.63, 3.8) is 0 Å². The highest BCUT2D eigenvalue weighted by Gasteiger charge is 2.41. The first-order chi connectivity index (χ1) is 11.8. The maximum Gasteiger partial charge on any atom is 0.260 e. The predicted molar refractivity (Wildman–Crippen MR) is 105 cm³/mol. The lowest BCUT2D eigenvalue weighted by molar-refractivity contribution is -0.0191. The second kappa shape index (κ2) is 7.25. The van der Waals surface area contributed by atoms with Crippen LogP contribution in [-0.2, 0) is 0 Å². The maximum absolute atomic E-state index is 13.1. The molecule has 1 aromatic heterocycles. The Kier molecular flexibility index (Phi) is 5.41. The molecule has 0 bridgehead atoms. The van der Waals surface area contributed by atoms with Gasteiger partial charge in [-0.2, -0.15) is 0 Å². The first-order valence-corrected chi connectivity index (χ1v) is 9.80. The molecule has 3 rings (SSSR count). The Morgan fingerprint density at radius 1 is 1.44 bits per heavy atom. The standard InChI is InChI=1S/C18H20ClIN2O3/c1-18(2,24)13-7-5-9-22(16(13)20)17(23)12-10-21-25-15(12)11-6-3-4-8-14(11)19/h3-4,6,8,10,13,16,24H,5,7,9H2,1-2H3/t13-,16?/m1/s1. The van der Waals surface area contributed by atoms with Crippen LogP contribution < -0.4 is 0 Å². The van der Waals surface area contributed by atoms with E-state index in [1.165, 1.54) is 6.20 Å². The molecule has 0 spiro atoms. The normalized spacial score (nSPS) is 21.4. The van der Waals surface area contributed by atoms with Crippen LogP contribution in [0.5, 0.6) is 0 Å². The summed E-state index contributed by atoms with van der Waals surface area (Å²) in [6, 6.07) is 7.21. The Bertz CT molecular complexity index is 772. The Balaban J connectivity index is 1.92. The van der Waals surface area contributed by atoms with Gasteiger partial charge in [0.1, 0.15) is 5.56 Å². The zero-order valence-electron chi connectivity index (χ0n) is 14.1. The van der Waals surface area contributed by atoms with Crippen molar-refractivity contribution >= 4 is 40.1 Å². The number of rotatable bonds is 3. The van der Waals surface area contributed by atoms with E-state index < -0.39 is 5.60 Å². The average Bonchev–Trinajstić information content (AvgIpc) is 3.03. The van der Waals surface area contributed by atoms with Crippen LogP contribution in [0.2, 0.25) is 5.02 Å². The summed E-state index contributed by atoms with van der Waals surface area (Å²) < 4.78 is 5.24. The average molecular weight is 475 g/mol. The van der Waals surface area contributed by atoms with Gasteiger partial charge in [-0.05, 0) is 38.8 Å². The van der Waals surface area contributed by atoms with Gasteiger partial charge in [0.2, 0.25) is 0 Å². The molecule has 1 saturated heterocycles. The molecule has 1 aliphatic heterocycles. The molecule has 1 N–H and O–H groups in total. The molecule has 1 fully saturated rings. The van der Waals surface area contributed by atoms with Crippen molar-refractivity contribution in [1.82, 2.24) is 10.1 Å². The highest BCUT2D eigenvalue weighted by molar-refractivity contribution is 14.1. The van der Waals surface area contributed by atoms with Crippen LogP contribution in [0.25, 0.3) is 11.3 Å². The van der Waals surface area contributed by atoms with Crippen LogP contribution >= 0.6 is 34.2 Å². The van der Waals surface area contributed by atoms with Crippen molar-refractivity contribution < 1.29 is 14.4 Å². The van der Waals surface area contributed by atoms with Crippen LogP contribution in [0.15, 0.2) is 35.0 Å². The lowest BCUT2D eigenvalue weighted by Crippen LogP contribution is -2.51. The number of halogens is 2. The predicted octanol–water partition coefficient (Wildman–Crippen LogP) is 4.38. The Morgan fingerprint density at radius 2 is 2.16 bits per heavy atom. The summed E-state index contributed by atoms with van der Waals surface area (Å²) in [7, 11) is 0. The van der Waals surface area contributed by atoms with Crippen molar-refractivity contribution in [2.45, 2.75) is 36.3 Å². The lowest BCUT2D eigenvalue weighted by Gasteiger charge is -2.43. The second-order valence-corrected chi connectivity index (χ2v) is 8.51. The molecule has 2 aromatic rings. The van der Waals surface area contributed by atoms with E-state index in [0.717, 1.165) is 12.8 Å². The highest BCUT2D eigenvalue weighted by Crippen LogP contribution is 2.38. The van der Waals surface area contributed by atoms with Crippen molar-refractivity contribution in [2.75, 3.05) is 6.54 Å². The van der Waals surface area contributed by atoms with Crippen molar-refractivity contribution in [3.8, 4) is 11.3 Å². The van der Waals surface area contributed by atoms with E-state index in [1.54, 1.807) is 30.9 Å². The molecule has 5 nitrogen and oxygen atoms in total. The molecule has 7 heteroatoms. The number of amides is 1.